The molecule has 362 valence electrons. The lowest BCUT2D eigenvalue weighted by molar-refractivity contribution is -0.302. The molecule has 0 radical (unpaired) electrons. The van der Waals surface area contributed by atoms with E-state index in [-0.39, 0.29) is 18.9 Å². The van der Waals surface area contributed by atoms with Crippen LogP contribution in [0.4, 0.5) is 0 Å². The molecular weight excluding hydrogens is 803 g/mol. The van der Waals surface area contributed by atoms with E-state index in [0.717, 1.165) is 83.5 Å². The van der Waals surface area contributed by atoms with Gasteiger partial charge in [0, 0.05) is 6.42 Å². The van der Waals surface area contributed by atoms with Crippen LogP contribution in [0.3, 0.4) is 0 Å². The third-order valence-electron chi connectivity index (χ3n) is 10.8. The maximum atomic E-state index is 13.0. The lowest BCUT2D eigenvalue weighted by Crippen LogP contribution is -2.60. The summed E-state index contributed by atoms with van der Waals surface area (Å²) in [6, 6.07) is -0.843. The Labute approximate surface area is 388 Å². The van der Waals surface area contributed by atoms with Crippen LogP contribution in [0.25, 0.3) is 0 Å². The molecule has 1 amide bonds. The van der Waals surface area contributed by atoms with Crippen molar-refractivity contribution in [2.75, 3.05) is 13.2 Å². The Bertz CT molecular complexity index is 1410. The summed E-state index contributed by atoms with van der Waals surface area (Å²) in [5.74, 6) is -0.242. The summed E-state index contributed by atoms with van der Waals surface area (Å²) in [4.78, 5) is 13.0. The zero-order valence-corrected chi connectivity index (χ0v) is 39.7. The van der Waals surface area contributed by atoms with Crippen molar-refractivity contribution in [3.05, 3.63) is 122 Å². The first-order valence-corrected chi connectivity index (χ1v) is 24.8. The van der Waals surface area contributed by atoms with E-state index in [1.165, 1.54) is 51.4 Å². The molecule has 7 unspecified atom stereocenters. The number of rotatable bonds is 39. The molecule has 9 heteroatoms. The summed E-state index contributed by atoms with van der Waals surface area (Å²) in [6.07, 6.45) is 58.2. The zero-order chi connectivity index (χ0) is 46.6. The number of unbranched alkanes of at least 4 members (excludes halogenated alkanes) is 11. The zero-order valence-electron chi connectivity index (χ0n) is 39.7. The Kier molecular flexibility index (Phi) is 39.8. The second-order valence-corrected chi connectivity index (χ2v) is 16.5. The number of nitrogens with one attached hydrogen (secondary N) is 1. The number of hydrogen-bond acceptors (Lipinski definition) is 8. The first kappa shape index (κ1) is 58.6. The van der Waals surface area contributed by atoms with Gasteiger partial charge in [0.05, 0.1) is 25.4 Å². The van der Waals surface area contributed by atoms with Crippen molar-refractivity contribution in [3.8, 4) is 0 Å². The number of aliphatic hydroxyl groups is 5. The van der Waals surface area contributed by atoms with Gasteiger partial charge in [-0.05, 0) is 83.5 Å². The van der Waals surface area contributed by atoms with Gasteiger partial charge in [-0.1, -0.05) is 193 Å². The first-order valence-electron chi connectivity index (χ1n) is 24.8. The van der Waals surface area contributed by atoms with Gasteiger partial charge >= 0.3 is 0 Å². The average Bonchev–Trinajstić information content (AvgIpc) is 3.29. The molecule has 9 nitrogen and oxygen atoms in total. The second kappa shape index (κ2) is 43.5. The highest BCUT2D eigenvalue weighted by Gasteiger charge is 2.44. The third kappa shape index (κ3) is 33.1. The van der Waals surface area contributed by atoms with Crippen LogP contribution in [0.15, 0.2) is 122 Å². The Morgan fingerprint density at radius 1 is 0.547 bits per heavy atom. The van der Waals surface area contributed by atoms with E-state index in [1.807, 2.05) is 6.08 Å². The maximum Gasteiger partial charge on any atom is 0.220 e. The lowest BCUT2D eigenvalue weighted by atomic mass is 9.99. The van der Waals surface area contributed by atoms with Gasteiger partial charge in [-0.15, -0.1) is 0 Å². The van der Waals surface area contributed by atoms with E-state index in [1.54, 1.807) is 6.08 Å². The monoisotopic (exact) mass is 892 g/mol. The number of ether oxygens (including phenoxy) is 2. The van der Waals surface area contributed by atoms with Gasteiger partial charge in [0.1, 0.15) is 24.4 Å². The fraction of sp³-hybridized carbons (Fsp3) is 0.618. The van der Waals surface area contributed by atoms with Crippen LogP contribution in [0.1, 0.15) is 162 Å². The van der Waals surface area contributed by atoms with E-state index in [4.69, 9.17) is 9.47 Å². The molecule has 1 aliphatic rings. The van der Waals surface area contributed by atoms with Crippen LogP contribution in [0.5, 0.6) is 0 Å². The molecule has 6 N–H and O–H groups in total. The van der Waals surface area contributed by atoms with Crippen molar-refractivity contribution in [3.63, 3.8) is 0 Å². The Balaban J connectivity index is 2.34. The summed E-state index contributed by atoms with van der Waals surface area (Å²) in [6.45, 7) is 3.59. The Morgan fingerprint density at radius 3 is 1.42 bits per heavy atom. The van der Waals surface area contributed by atoms with Crippen molar-refractivity contribution in [2.45, 2.75) is 204 Å². The maximum absolute atomic E-state index is 13.0. The Morgan fingerprint density at radius 2 is 0.969 bits per heavy atom. The van der Waals surface area contributed by atoms with Gasteiger partial charge in [-0.3, -0.25) is 4.79 Å². The van der Waals surface area contributed by atoms with Crippen LogP contribution >= 0.6 is 0 Å². The quantitative estimate of drug-likeness (QED) is 0.0264. The number of carbonyl (C=O) groups excluding carboxylic acids is 1. The van der Waals surface area contributed by atoms with Gasteiger partial charge in [0.25, 0.3) is 0 Å². The molecule has 1 aliphatic heterocycles. The van der Waals surface area contributed by atoms with Crippen molar-refractivity contribution in [2.24, 2.45) is 0 Å². The largest absolute Gasteiger partial charge is 0.394 e. The minimum absolute atomic E-state index is 0.220. The number of aliphatic hydroxyl groups excluding tert-OH is 5. The molecule has 0 spiro atoms. The topological polar surface area (TPSA) is 149 Å². The minimum atomic E-state index is -1.58. The molecular formula is C55H89NO8. The van der Waals surface area contributed by atoms with Crippen molar-refractivity contribution in [1.29, 1.82) is 0 Å². The van der Waals surface area contributed by atoms with Gasteiger partial charge in [-0.25, -0.2) is 0 Å². The molecule has 0 aromatic carbocycles. The Hall–Kier alpha value is -3.41. The van der Waals surface area contributed by atoms with Crippen LogP contribution in [-0.2, 0) is 14.3 Å². The standard InChI is InChI=1S/C55H89NO8/c1-3-5-7-9-11-13-15-17-18-19-20-21-22-23-24-25-26-27-28-29-30-31-32-33-35-37-39-41-43-45-51(59)56-48(47-63-55-54(62)53(61)52(60)50(46-57)64-55)49(58)44-42-40-38-36-34-16-14-12-10-8-6-4-2/h5,7,11,13,17-18,20-21,23-24,26-27,29-30,32-33,37,39,42,44,48-50,52-55,57-58,60-62H,3-4,6,8-10,12,14-16,19,22,25,28,31,34-36,38,40-41,43,45-47H2,1-2H3,(H,56,59)/b7-5-,13-11-,18-17-,21-20-,24-23-,27-26-,30-29-,33-32-,39-37-,44-42+. The van der Waals surface area contributed by atoms with E-state index >= 15 is 0 Å². The molecule has 0 saturated carbocycles. The summed E-state index contributed by atoms with van der Waals surface area (Å²) < 4.78 is 11.2. The molecule has 0 aliphatic carbocycles. The summed E-state index contributed by atoms with van der Waals surface area (Å²) in [5.41, 5.74) is 0. The van der Waals surface area contributed by atoms with Crippen molar-refractivity contribution >= 4 is 5.91 Å². The molecule has 1 fully saturated rings. The van der Waals surface area contributed by atoms with Crippen molar-refractivity contribution in [1.82, 2.24) is 5.32 Å². The van der Waals surface area contributed by atoms with Crippen LogP contribution < -0.4 is 5.32 Å². The highest BCUT2D eigenvalue weighted by atomic mass is 16.7. The fourth-order valence-electron chi connectivity index (χ4n) is 6.86. The third-order valence-corrected chi connectivity index (χ3v) is 10.8. The number of hydrogen-bond donors (Lipinski definition) is 6. The summed E-state index contributed by atoms with van der Waals surface area (Å²) in [5, 5.41) is 54.1. The lowest BCUT2D eigenvalue weighted by Gasteiger charge is -2.40. The van der Waals surface area contributed by atoms with Gasteiger partial charge < -0.3 is 40.3 Å². The first-order chi connectivity index (χ1) is 31.3. The predicted octanol–water partition coefficient (Wildman–Crippen LogP) is 11.2. The van der Waals surface area contributed by atoms with E-state index in [2.05, 4.69) is 129 Å². The number of amides is 1. The van der Waals surface area contributed by atoms with Gasteiger partial charge in [-0.2, -0.15) is 0 Å². The summed E-state index contributed by atoms with van der Waals surface area (Å²) >= 11 is 0. The van der Waals surface area contributed by atoms with E-state index < -0.39 is 49.5 Å². The SMILES string of the molecule is CC/C=C\C/C=C\C/C=C\C/C=C\C/C=C\C/C=C\C/C=C\C/C=C\C/C=C\CCCC(=O)NC(COC1OC(CO)C(O)C(O)C1O)C(O)/C=C/CCCCCCCCCCCC. The molecule has 1 rings (SSSR count). The second-order valence-electron chi connectivity index (χ2n) is 16.5. The van der Waals surface area contributed by atoms with Crippen LogP contribution in [0, 0.1) is 0 Å². The molecule has 1 saturated heterocycles. The van der Waals surface area contributed by atoms with Crippen LogP contribution in [0.2, 0.25) is 0 Å². The predicted molar refractivity (Wildman–Crippen MR) is 267 cm³/mol. The molecule has 0 aromatic heterocycles. The van der Waals surface area contributed by atoms with E-state index in [9.17, 15) is 30.3 Å². The van der Waals surface area contributed by atoms with Crippen molar-refractivity contribution < 1.29 is 39.8 Å². The molecule has 0 aromatic rings. The van der Waals surface area contributed by atoms with Gasteiger partial charge in [0.15, 0.2) is 6.29 Å². The highest BCUT2D eigenvalue weighted by Crippen LogP contribution is 2.22. The van der Waals surface area contributed by atoms with Crippen LogP contribution in [-0.4, -0.2) is 87.5 Å². The van der Waals surface area contributed by atoms with Gasteiger partial charge in [0.2, 0.25) is 5.91 Å². The van der Waals surface area contributed by atoms with E-state index in [0.29, 0.717) is 6.42 Å². The molecule has 7 atom stereocenters. The smallest absolute Gasteiger partial charge is 0.220 e. The average molecular weight is 892 g/mol. The summed E-state index contributed by atoms with van der Waals surface area (Å²) in [7, 11) is 0. The number of carbonyl (C=O) groups is 1. The fourth-order valence-corrected chi connectivity index (χ4v) is 6.86. The highest BCUT2D eigenvalue weighted by molar-refractivity contribution is 5.76. The number of allylic oxidation sites excluding steroid dienone is 19. The molecule has 1 heterocycles. The normalized spacial score (nSPS) is 21.1. The molecule has 64 heavy (non-hydrogen) atoms. The minimum Gasteiger partial charge on any atom is -0.394 e. The molecule has 0 bridgehead atoms.